The maximum Gasteiger partial charge on any atom is 0.270 e. The minimum Gasteiger partial charge on any atom is -0.325 e. The molecule has 1 aliphatic rings. The van der Waals surface area contributed by atoms with Crippen LogP contribution in [0.25, 0.3) is 0 Å². The third kappa shape index (κ3) is 7.26. The van der Waals surface area contributed by atoms with E-state index >= 15 is 0 Å². The van der Waals surface area contributed by atoms with Gasteiger partial charge in [-0.05, 0) is 66.5 Å². The number of rotatable bonds is 8. The van der Waals surface area contributed by atoms with Gasteiger partial charge in [0.15, 0.2) is 0 Å². The number of benzene rings is 3. The van der Waals surface area contributed by atoms with Crippen molar-refractivity contribution in [2.45, 2.75) is 56.7 Å². The van der Waals surface area contributed by atoms with Gasteiger partial charge < -0.3 is 10.6 Å². The molecule has 0 saturated heterocycles. The van der Waals surface area contributed by atoms with E-state index in [9.17, 15) is 19.7 Å². The van der Waals surface area contributed by atoms with Gasteiger partial charge in [-0.1, -0.05) is 62.9 Å². The lowest BCUT2D eigenvalue weighted by molar-refractivity contribution is -0.384. The Morgan fingerprint density at radius 2 is 1.75 bits per heavy atom. The van der Waals surface area contributed by atoms with Gasteiger partial charge in [-0.3, -0.25) is 19.7 Å². The molecule has 1 heterocycles. The molecule has 226 valence electrons. The second-order valence-electron chi connectivity index (χ2n) is 11.8. The van der Waals surface area contributed by atoms with Crippen molar-refractivity contribution in [1.82, 2.24) is 0 Å². The van der Waals surface area contributed by atoms with Crippen LogP contribution in [0, 0.1) is 21.4 Å². The molecule has 1 aromatic heterocycles. The Balaban J connectivity index is 1.55. The van der Waals surface area contributed by atoms with E-state index in [4.69, 9.17) is 4.99 Å². The predicted molar refractivity (Wildman–Crippen MR) is 179 cm³/mol. The van der Waals surface area contributed by atoms with Crippen LogP contribution in [0.2, 0.25) is 0 Å². The molecule has 0 unspecified atom stereocenters. The molecule has 5 rings (SSSR count). The zero-order chi connectivity index (χ0) is 31.4. The van der Waals surface area contributed by atoms with Crippen molar-refractivity contribution in [3.05, 3.63) is 104 Å². The van der Waals surface area contributed by atoms with Gasteiger partial charge in [0, 0.05) is 51.2 Å². The second kappa shape index (κ2) is 13.2. The Labute approximate surface area is 265 Å². The molecular formula is C34H34N4O4S2. The Kier molecular flexibility index (Phi) is 9.31. The number of thiophene rings is 1. The summed E-state index contributed by atoms with van der Waals surface area (Å²) in [6, 6.07) is 21.3. The standard InChI is InChI=1S/C34H34N4O4S2/c1-21(39)36-27-12-8-9-13-29(27)43-28-17-15-25(38(41)42)18-22(28)20-35-33-31(32(40)37-24-10-6-5-7-11-24)26-16-14-23(34(2,3)4)19-30(26)44-33/h5-13,15,17-18,20,23H,14,16,19H2,1-4H3,(H,36,39)(H,37,40)/t23-/m0/s1. The van der Waals surface area contributed by atoms with Crippen LogP contribution in [0.15, 0.2) is 87.6 Å². The first kappa shape index (κ1) is 31.2. The van der Waals surface area contributed by atoms with Crippen LogP contribution < -0.4 is 10.6 Å². The number of aliphatic imine (C=N–C) groups is 1. The molecule has 0 radical (unpaired) electrons. The van der Waals surface area contributed by atoms with E-state index in [1.54, 1.807) is 12.3 Å². The fraction of sp³-hybridized carbons (Fsp3) is 0.265. The van der Waals surface area contributed by atoms with Gasteiger partial charge in [0.2, 0.25) is 5.91 Å². The predicted octanol–water partition coefficient (Wildman–Crippen LogP) is 8.92. The van der Waals surface area contributed by atoms with Gasteiger partial charge in [-0.25, -0.2) is 4.99 Å². The maximum atomic E-state index is 13.7. The summed E-state index contributed by atoms with van der Waals surface area (Å²) in [4.78, 5) is 44.3. The van der Waals surface area contributed by atoms with E-state index in [1.165, 1.54) is 47.0 Å². The topological polar surface area (TPSA) is 114 Å². The van der Waals surface area contributed by atoms with E-state index in [0.717, 1.165) is 34.6 Å². The van der Waals surface area contributed by atoms with Crippen molar-refractivity contribution in [1.29, 1.82) is 0 Å². The van der Waals surface area contributed by atoms with Crippen LogP contribution in [0.3, 0.4) is 0 Å². The van der Waals surface area contributed by atoms with Gasteiger partial charge in [-0.15, -0.1) is 11.3 Å². The number of fused-ring (bicyclic) bond motifs is 1. The third-order valence-corrected chi connectivity index (χ3v) is 10.0. The van der Waals surface area contributed by atoms with Gasteiger partial charge in [0.25, 0.3) is 11.6 Å². The SMILES string of the molecule is CC(=O)Nc1ccccc1Sc1ccc([N+](=O)[O-])cc1C=Nc1sc2c(c1C(=O)Nc1ccccc1)CC[C@H](C(C)(C)C)C2. The quantitative estimate of drug-likeness (QED) is 0.115. The molecule has 0 bridgehead atoms. The van der Waals surface area contributed by atoms with Gasteiger partial charge in [-0.2, -0.15) is 0 Å². The monoisotopic (exact) mass is 626 g/mol. The van der Waals surface area contributed by atoms with E-state index in [-0.39, 0.29) is 22.9 Å². The van der Waals surface area contributed by atoms with E-state index in [1.807, 2.05) is 54.6 Å². The minimum absolute atomic E-state index is 0.0634. The first-order valence-corrected chi connectivity index (χ1v) is 16.0. The lowest BCUT2D eigenvalue weighted by atomic mass is 9.72. The average molecular weight is 627 g/mol. The molecule has 1 atom stereocenters. The van der Waals surface area contributed by atoms with Gasteiger partial charge in [0.05, 0.1) is 16.2 Å². The summed E-state index contributed by atoms with van der Waals surface area (Å²) in [5, 5.41) is 18.1. The fourth-order valence-corrected chi connectivity index (χ4v) is 7.54. The number of nitro groups is 1. The zero-order valence-corrected chi connectivity index (χ0v) is 26.7. The number of carbonyl (C=O) groups is 2. The highest BCUT2D eigenvalue weighted by Gasteiger charge is 2.33. The number of amides is 2. The molecular weight excluding hydrogens is 593 g/mol. The molecule has 0 fully saturated rings. The van der Waals surface area contributed by atoms with E-state index < -0.39 is 4.92 Å². The van der Waals surface area contributed by atoms with Crippen molar-refractivity contribution >= 4 is 63.2 Å². The highest BCUT2D eigenvalue weighted by atomic mass is 32.2. The zero-order valence-electron chi connectivity index (χ0n) is 25.0. The van der Waals surface area contributed by atoms with Gasteiger partial charge >= 0.3 is 0 Å². The molecule has 44 heavy (non-hydrogen) atoms. The molecule has 0 saturated carbocycles. The Hall–Kier alpha value is -4.28. The Morgan fingerprint density at radius 1 is 1.02 bits per heavy atom. The summed E-state index contributed by atoms with van der Waals surface area (Å²) in [6.45, 7) is 8.21. The number of carbonyl (C=O) groups excluding carboxylic acids is 2. The van der Waals surface area contributed by atoms with Crippen LogP contribution in [-0.2, 0) is 17.6 Å². The molecule has 1 aliphatic carbocycles. The Bertz CT molecular complexity index is 1740. The number of hydrogen-bond donors (Lipinski definition) is 2. The smallest absolute Gasteiger partial charge is 0.270 e. The average Bonchev–Trinajstić information content (AvgIpc) is 3.35. The number of para-hydroxylation sites is 2. The molecule has 8 nitrogen and oxygen atoms in total. The molecule has 2 N–H and O–H groups in total. The number of nitro benzene ring substituents is 1. The van der Waals surface area contributed by atoms with E-state index in [0.29, 0.717) is 33.4 Å². The molecule has 2 amide bonds. The van der Waals surface area contributed by atoms with Crippen LogP contribution >= 0.6 is 23.1 Å². The summed E-state index contributed by atoms with van der Waals surface area (Å²) < 4.78 is 0. The Morgan fingerprint density at radius 3 is 2.45 bits per heavy atom. The highest BCUT2D eigenvalue weighted by molar-refractivity contribution is 7.99. The minimum atomic E-state index is -0.438. The van der Waals surface area contributed by atoms with Gasteiger partial charge in [0.1, 0.15) is 5.00 Å². The van der Waals surface area contributed by atoms with Crippen molar-refractivity contribution < 1.29 is 14.5 Å². The number of nitrogens with one attached hydrogen (secondary N) is 2. The lowest BCUT2D eigenvalue weighted by Crippen LogP contribution is -2.27. The third-order valence-electron chi connectivity index (χ3n) is 7.67. The first-order valence-electron chi connectivity index (χ1n) is 14.4. The maximum absolute atomic E-state index is 13.7. The second-order valence-corrected chi connectivity index (χ2v) is 14.0. The van der Waals surface area contributed by atoms with Crippen LogP contribution in [0.4, 0.5) is 22.1 Å². The normalized spacial score (nSPS) is 14.7. The number of anilines is 2. The van der Waals surface area contributed by atoms with Crippen LogP contribution in [0.5, 0.6) is 0 Å². The highest BCUT2D eigenvalue weighted by Crippen LogP contribution is 2.46. The summed E-state index contributed by atoms with van der Waals surface area (Å²) in [6.07, 6.45) is 4.26. The van der Waals surface area contributed by atoms with Crippen molar-refractivity contribution in [2.24, 2.45) is 16.3 Å². The lowest BCUT2D eigenvalue weighted by Gasteiger charge is -2.33. The summed E-state index contributed by atoms with van der Waals surface area (Å²) in [5.74, 6) is 0.0760. The van der Waals surface area contributed by atoms with Crippen molar-refractivity contribution in [3.63, 3.8) is 0 Å². The molecule has 3 aromatic carbocycles. The molecule has 0 spiro atoms. The fourth-order valence-electron chi connectivity index (χ4n) is 5.29. The number of hydrogen-bond acceptors (Lipinski definition) is 7. The van der Waals surface area contributed by atoms with Crippen molar-refractivity contribution in [2.75, 3.05) is 10.6 Å². The summed E-state index contributed by atoms with van der Waals surface area (Å²) >= 11 is 2.90. The first-order chi connectivity index (χ1) is 21.0. The molecule has 4 aromatic rings. The number of non-ortho nitro benzene ring substituents is 1. The van der Waals surface area contributed by atoms with Crippen LogP contribution in [-0.4, -0.2) is 23.0 Å². The largest absolute Gasteiger partial charge is 0.325 e. The molecule has 10 heteroatoms. The summed E-state index contributed by atoms with van der Waals surface area (Å²) in [7, 11) is 0. The van der Waals surface area contributed by atoms with Crippen molar-refractivity contribution in [3.8, 4) is 0 Å². The molecule has 0 aliphatic heterocycles. The van der Waals surface area contributed by atoms with E-state index in [2.05, 4.69) is 31.4 Å². The summed E-state index contributed by atoms with van der Waals surface area (Å²) in [5.41, 5.74) is 3.56. The number of nitrogens with zero attached hydrogens (tertiary/aromatic N) is 2. The van der Waals surface area contributed by atoms with Crippen LogP contribution in [0.1, 0.15) is 60.5 Å².